The third-order valence-corrected chi connectivity index (χ3v) is 4.11. The summed E-state index contributed by atoms with van der Waals surface area (Å²) >= 11 is 0. The molecule has 2 heterocycles. The molecule has 1 aliphatic rings. The molecule has 1 aliphatic heterocycles. The number of anilines is 2. The van der Waals surface area contributed by atoms with E-state index in [-0.39, 0.29) is 5.91 Å². The monoisotopic (exact) mass is 295 g/mol. The van der Waals surface area contributed by atoms with E-state index in [2.05, 4.69) is 33.4 Å². The summed E-state index contributed by atoms with van der Waals surface area (Å²) < 4.78 is 0. The lowest BCUT2D eigenvalue weighted by molar-refractivity contribution is 0.102. The van der Waals surface area contributed by atoms with Crippen molar-refractivity contribution in [3.8, 4) is 0 Å². The third-order valence-electron chi connectivity index (χ3n) is 4.11. The van der Waals surface area contributed by atoms with Gasteiger partial charge in [-0.1, -0.05) is 6.07 Å². The van der Waals surface area contributed by atoms with Crippen LogP contribution in [0.5, 0.6) is 0 Å². The number of carbonyl (C=O) groups is 1. The molecule has 1 saturated heterocycles. The van der Waals surface area contributed by atoms with Gasteiger partial charge in [-0.15, -0.1) is 0 Å². The second kappa shape index (κ2) is 6.60. The number of nitrogens with one attached hydrogen (secondary N) is 1. The molecule has 22 heavy (non-hydrogen) atoms. The Morgan fingerprint density at radius 1 is 1.18 bits per heavy atom. The number of rotatable bonds is 3. The van der Waals surface area contributed by atoms with E-state index < -0.39 is 0 Å². The number of pyridine rings is 1. The topological polar surface area (TPSA) is 45.2 Å². The predicted octanol–water partition coefficient (Wildman–Crippen LogP) is 3.63. The molecule has 0 aliphatic carbocycles. The lowest BCUT2D eigenvalue weighted by Gasteiger charge is -2.29. The Bertz CT molecular complexity index is 649. The summed E-state index contributed by atoms with van der Waals surface area (Å²) in [5.41, 5.74) is 3.70. The first-order chi connectivity index (χ1) is 10.7. The van der Waals surface area contributed by atoms with Crippen LogP contribution in [0.15, 0.2) is 42.7 Å². The molecule has 114 valence electrons. The van der Waals surface area contributed by atoms with Gasteiger partial charge >= 0.3 is 0 Å². The van der Waals surface area contributed by atoms with Gasteiger partial charge in [-0.2, -0.15) is 0 Å². The first-order valence-corrected chi connectivity index (χ1v) is 7.81. The van der Waals surface area contributed by atoms with E-state index in [0.29, 0.717) is 5.56 Å². The molecular weight excluding hydrogens is 274 g/mol. The van der Waals surface area contributed by atoms with E-state index in [1.165, 1.54) is 24.9 Å². The molecule has 0 unspecified atom stereocenters. The van der Waals surface area contributed by atoms with Crippen molar-refractivity contribution in [2.45, 2.75) is 26.2 Å². The molecule has 2 aromatic rings. The summed E-state index contributed by atoms with van der Waals surface area (Å²) in [4.78, 5) is 18.7. The van der Waals surface area contributed by atoms with Gasteiger partial charge in [0.05, 0.1) is 5.56 Å². The van der Waals surface area contributed by atoms with Crippen LogP contribution in [0, 0.1) is 6.92 Å². The minimum atomic E-state index is -0.119. The average Bonchev–Trinajstić information content (AvgIpc) is 2.58. The van der Waals surface area contributed by atoms with Crippen LogP contribution in [0.2, 0.25) is 0 Å². The summed E-state index contributed by atoms with van der Waals surface area (Å²) in [6.07, 6.45) is 7.04. The van der Waals surface area contributed by atoms with Crippen molar-refractivity contribution in [2.24, 2.45) is 0 Å². The Hall–Kier alpha value is -2.36. The fourth-order valence-corrected chi connectivity index (χ4v) is 2.79. The number of amides is 1. The van der Waals surface area contributed by atoms with Crippen LogP contribution >= 0.6 is 0 Å². The number of piperidine rings is 1. The van der Waals surface area contributed by atoms with Gasteiger partial charge in [0.1, 0.15) is 0 Å². The normalized spacial score (nSPS) is 14.7. The van der Waals surface area contributed by atoms with Gasteiger partial charge in [0.25, 0.3) is 5.91 Å². The molecule has 4 heteroatoms. The summed E-state index contributed by atoms with van der Waals surface area (Å²) in [6.45, 7) is 4.21. The SMILES string of the molecule is Cc1ccc(N2CCCCC2)cc1NC(=O)c1cccnc1. The smallest absolute Gasteiger partial charge is 0.257 e. The van der Waals surface area contributed by atoms with Gasteiger partial charge in [0, 0.05) is 36.9 Å². The third kappa shape index (κ3) is 3.27. The molecule has 0 atom stereocenters. The highest BCUT2D eigenvalue weighted by Gasteiger charge is 2.13. The van der Waals surface area contributed by atoms with Crippen LogP contribution in [0.4, 0.5) is 11.4 Å². The molecule has 0 radical (unpaired) electrons. The highest BCUT2D eigenvalue weighted by Crippen LogP contribution is 2.26. The fourth-order valence-electron chi connectivity index (χ4n) is 2.79. The van der Waals surface area contributed by atoms with E-state index in [1.54, 1.807) is 24.5 Å². The highest BCUT2D eigenvalue weighted by atomic mass is 16.1. The zero-order valence-electron chi connectivity index (χ0n) is 12.9. The van der Waals surface area contributed by atoms with Crippen molar-refractivity contribution in [3.05, 3.63) is 53.9 Å². The number of benzene rings is 1. The summed E-state index contributed by atoms with van der Waals surface area (Å²) in [5, 5.41) is 3.00. The minimum Gasteiger partial charge on any atom is -0.371 e. The average molecular weight is 295 g/mol. The first kappa shape index (κ1) is 14.6. The van der Waals surface area contributed by atoms with Crippen molar-refractivity contribution in [2.75, 3.05) is 23.3 Å². The lowest BCUT2D eigenvalue weighted by atomic mass is 10.1. The van der Waals surface area contributed by atoms with Crippen molar-refractivity contribution in [1.29, 1.82) is 0 Å². The molecule has 3 rings (SSSR count). The number of aromatic nitrogens is 1. The Morgan fingerprint density at radius 3 is 2.73 bits per heavy atom. The van der Waals surface area contributed by atoms with Crippen LogP contribution in [-0.2, 0) is 0 Å². The molecule has 4 nitrogen and oxygen atoms in total. The molecule has 0 spiro atoms. The quantitative estimate of drug-likeness (QED) is 0.940. The van der Waals surface area contributed by atoms with E-state index in [4.69, 9.17) is 0 Å². The molecule has 1 fully saturated rings. The number of carbonyl (C=O) groups excluding carboxylic acids is 1. The van der Waals surface area contributed by atoms with Gasteiger partial charge in [0.2, 0.25) is 0 Å². The Labute approximate surface area is 131 Å². The van der Waals surface area contributed by atoms with Crippen molar-refractivity contribution in [3.63, 3.8) is 0 Å². The van der Waals surface area contributed by atoms with Gasteiger partial charge < -0.3 is 10.2 Å². The number of aryl methyl sites for hydroxylation is 1. The Kier molecular flexibility index (Phi) is 4.37. The van der Waals surface area contributed by atoms with Gasteiger partial charge in [-0.25, -0.2) is 0 Å². The predicted molar refractivity (Wildman–Crippen MR) is 89.4 cm³/mol. The Morgan fingerprint density at radius 2 is 2.00 bits per heavy atom. The molecule has 1 aromatic carbocycles. The fraction of sp³-hybridized carbons (Fsp3) is 0.333. The standard InChI is InChI=1S/C18H21N3O/c1-14-7-8-16(21-10-3-2-4-11-21)12-17(14)20-18(22)15-6-5-9-19-13-15/h5-9,12-13H,2-4,10-11H2,1H3,(H,20,22). The maximum absolute atomic E-state index is 12.3. The molecule has 0 bridgehead atoms. The van der Waals surface area contributed by atoms with E-state index in [0.717, 1.165) is 24.3 Å². The summed E-state index contributed by atoms with van der Waals surface area (Å²) in [7, 11) is 0. The number of hydrogen-bond acceptors (Lipinski definition) is 3. The minimum absolute atomic E-state index is 0.119. The number of nitrogens with zero attached hydrogens (tertiary/aromatic N) is 2. The molecule has 1 amide bonds. The maximum atomic E-state index is 12.3. The molecule has 1 aromatic heterocycles. The Balaban J connectivity index is 1.79. The van der Waals surface area contributed by atoms with E-state index >= 15 is 0 Å². The second-order valence-electron chi connectivity index (χ2n) is 5.74. The van der Waals surface area contributed by atoms with Crippen LogP contribution in [-0.4, -0.2) is 24.0 Å². The largest absolute Gasteiger partial charge is 0.371 e. The van der Waals surface area contributed by atoms with Crippen LogP contribution < -0.4 is 10.2 Å². The second-order valence-corrected chi connectivity index (χ2v) is 5.74. The zero-order chi connectivity index (χ0) is 15.4. The lowest BCUT2D eigenvalue weighted by Crippen LogP contribution is -2.29. The first-order valence-electron chi connectivity index (χ1n) is 7.81. The van der Waals surface area contributed by atoms with Crippen molar-refractivity contribution >= 4 is 17.3 Å². The van der Waals surface area contributed by atoms with Gasteiger partial charge in [-0.3, -0.25) is 9.78 Å². The van der Waals surface area contributed by atoms with E-state index in [9.17, 15) is 4.79 Å². The van der Waals surface area contributed by atoms with Gasteiger partial charge in [-0.05, 0) is 56.0 Å². The van der Waals surface area contributed by atoms with Crippen molar-refractivity contribution < 1.29 is 4.79 Å². The molecule has 1 N–H and O–H groups in total. The highest BCUT2D eigenvalue weighted by molar-refractivity contribution is 6.04. The van der Waals surface area contributed by atoms with E-state index in [1.807, 2.05) is 6.92 Å². The summed E-state index contributed by atoms with van der Waals surface area (Å²) in [5.74, 6) is -0.119. The van der Waals surface area contributed by atoms with Crippen molar-refractivity contribution in [1.82, 2.24) is 4.98 Å². The van der Waals surface area contributed by atoms with Crippen LogP contribution in [0.3, 0.4) is 0 Å². The summed E-state index contributed by atoms with van der Waals surface area (Å²) in [6, 6.07) is 9.83. The van der Waals surface area contributed by atoms with Crippen LogP contribution in [0.1, 0.15) is 35.2 Å². The van der Waals surface area contributed by atoms with Gasteiger partial charge in [0.15, 0.2) is 0 Å². The van der Waals surface area contributed by atoms with Crippen LogP contribution in [0.25, 0.3) is 0 Å². The zero-order valence-corrected chi connectivity index (χ0v) is 12.9. The molecular formula is C18H21N3O. The number of hydrogen-bond donors (Lipinski definition) is 1. The maximum Gasteiger partial charge on any atom is 0.257 e. The molecule has 0 saturated carbocycles.